The summed E-state index contributed by atoms with van der Waals surface area (Å²) in [5, 5.41) is 11.3. The van der Waals surface area contributed by atoms with Gasteiger partial charge in [-0.2, -0.15) is 0 Å². The van der Waals surface area contributed by atoms with Gasteiger partial charge in [0.15, 0.2) is 0 Å². The van der Waals surface area contributed by atoms with Crippen LogP contribution < -0.4 is 15.0 Å². The Kier molecular flexibility index (Phi) is 7.73. The molecule has 0 aliphatic carbocycles. The van der Waals surface area contributed by atoms with Crippen LogP contribution in [-0.2, 0) is 16.2 Å². The molecule has 3 aromatic rings. The number of carboxylic acids is 1. The summed E-state index contributed by atoms with van der Waals surface area (Å²) in [7, 11) is 0. The first-order chi connectivity index (χ1) is 17.1. The Labute approximate surface area is 233 Å². The molecule has 0 aromatic heterocycles. The molecule has 8 nitrogen and oxygen atoms in total. The summed E-state index contributed by atoms with van der Waals surface area (Å²) < 4.78 is 7.46. The predicted molar refractivity (Wildman–Crippen MR) is 150 cm³/mol. The lowest BCUT2D eigenvalue weighted by molar-refractivity contribution is -0.122. The van der Waals surface area contributed by atoms with E-state index < -0.39 is 23.8 Å². The van der Waals surface area contributed by atoms with Crippen molar-refractivity contribution < 1.29 is 29.0 Å². The van der Waals surface area contributed by atoms with E-state index in [1.807, 2.05) is 6.92 Å². The van der Waals surface area contributed by atoms with Crippen molar-refractivity contribution in [3.63, 3.8) is 0 Å². The molecule has 182 valence electrons. The molecular weight excluding hydrogens is 690 g/mol. The van der Waals surface area contributed by atoms with Crippen molar-refractivity contribution in [2.45, 2.75) is 13.5 Å². The van der Waals surface area contributed by atoms with Crippen LogP contribution in [0.2, 0.25) is 0 Å². The predicted octanol–water partition coefficient (Wildman–Crippen LogP) is 5.15. The highest BCUT2D eigenvalue weighted by Gasteiger charge is 2.36. The maximum absolute atomic E-state index is 13.1. The largest absolute Gasteiger partial charge is 0.487 e. The van der Waals surface area contributed by atoms with Gasteiger partial charge in [0.2, 0.25) is 0 Å². The highest BCUT2D eigenvalue weighted by Crippen LogP contribution is 2.31. The Morgan fingerprint density at radius 1 is 1.00 bits per heavy atom. The number of urea groups is 1. The monoisotopic (exact) mass is 708 g/mol. The Bertz CT molecular complexity index is 1390. The van der Waals surface area contributed by atoms with Crippen LogP contribution in [0.25, 0.3) is 6.08 Å². The summed E-state index contributed by atoms with van der Waals surface area (Å²) in [5.74, 6) is -1.84. The van der Waals surface area contributed by atoms with Crippen LogP contribution >= 0.6 is 45.2 Å². The number of ether oxygens (including phenoxy) is 1. The van der Waals surface area contributed by atoms with Crippen molar-refractivity contribution in [1.29, 1.82) is 0 Å². The quantitative estimate of drug-likeness (QED) is 0.208. The Balaban J connectivity index is 1.57. The van der Waals surface area contributed by atoms with Gasteiger partial charge >= 0.3 is 12.0 Å². The molecule has 2 N–H and O–H groups in total. The number of carbonyl (C=O) groups excluding carboxylic acids is 3. The number of aryl methyl sites for hydroxylation is 1. The molecule has 0 unspecified atom stereocenters. The van der Waals surface area contributed by atoms with Crippen molar-refractivity contribution in [1.82, 2.24) is 5.32 Å². The van der Waals surface area contributed by atoms with Gasteiger partial charge in [0.1, 0.15) is 17.9 Å². The molecule has 1 fully saturated rings. The molecule has 0 atom stereocenters. The SMILES string of the molecule is Cc1ccc(N2C(=O)NC(=O)/C(=C\c3cc(I)c(OCc4ccc(C(=O)O)cc4)c(I)c3)C2=O)cc1. The molecule has 1 saturated heterocycles. The number of halogens is 2. The number of hydrogen-bond donors (Lipinski definition) is 2. The van der Waals surface area contributed by atoms with Crippen molar-refractivity contribution in [2.24, 2.45) is 0 Å². The van der Waals surface area contributed by atoms with Gasteiger partial charge in [0, 0.05) is 0 Å². The third-order valence-electron chi connectivity index (χ3n) is 5.31. The van der Waals surface area contributed by atoms with Crippen molar-refractivity contribution in [3.05, 3.63) is 95.6 Å². The van der Waals surface area contributed by atoms with Crippen molar-refractivity contribution >= 4 is 80.8 Å². The van der Waals surface area contributed by atoms with E-state index in [1.165, 1.54) is 18.2 Å². The summed E-state index contributed by atoms with van der Waals surface area (Å²) in [4.78, 5) is 50.0. The van der Waals surface area contributed by atoms with Gasteiger partial charge in [-0.3, -0.25) is 14.9 Å². The van der Waals surface area contributed by atoms with Crippen LogP contribution in [0.4, 0.5) is 10.5 Å². The lowest BCUT2D eigenvalue weighted by Gasteiger charge is -2.26. The highest BCUT2D eigenvalue weighted by atomic mass is 127. The van der Waals surface area contributed by atoms with Crippen LogP contribution in [0.5, 0.6) is 5.75 Å². The number of hydrogen-bond acceptors (Lipinski definition) is 5. The molecule has 0 spiro atoms. The number of aromatic carboxylic acids is 1. The number of benzene rings is 3. The van der Waals surface area contributed by atoms with E-state index in [0.717, 1.165) is 23.2 Å². The van der Waals surface area contributed by atoms with Crippen LogP contribution in [0.3, 0.4) is 0 Å². The first kappa shape index (κ1) is 25.8. The third kappa shape index (κ3) is 5.59. The Morgan fingerprint density at radius 2 is 1.61 bits per heavy atom. The molecule has 4 rings (SSSR count). The van der Waals surface area contributed by atoms with E-state index in [2.05, 4.69) is 50.5 Å². The fraction of sp³-hybridized carbons (Fsp3) is 0.0769. The average molecular weight is 708 g/mol. The highest BCUT2D eigenvalue weighted by molar-refractivity contribution is 14.1. The standard InChI is InChI=1S/C26H18I2N2O6/c1-14-2-8-18(9-3-14)30-24(32)19(23(31)29-26(30)35)10-16-11-20(27)22(21(28)12-16)36-13-15-4-6-17(7-5-15)25(33)34/h2-12H,13H2,1H3,(H,33,34)(H,29,31,35)/b19-10+. The van der Waals surface area contributed by atoms with Gasteiger partial charge in [-0.1, -0.05) is 29.8 Å². The zero-order valence-corrected chi connectivity index (χ0v) is 23.1. The van der Waals surface area contributed by atoms with Gasteiger partial charge in [0.25, 0.3) is 11.8 Å². The summed E-state index contributed by atoms with van der Waals surface area (Å²) in [6.45, 7) is 2.13. The number of rotatable bonds is 6. The minimum atomic E-state index is -0.993. The summed E-state index contributed by atoms with van der Waals surface area (Å²) >= 11 is 4.21. The number of nitrogens with zero attached hydrogens (tertiary/aromatic N) is 1. The molecule has 1 aliphatic heterocycles. The number of barbiturate groups is 1. The zero-order chi connectivity index (χ0) is 26.0. The Morgan fingerprint density at radius 3 is 2.19 bits per heavy atom. The smallest absolute Gasteiger partial charge is 0.335 e. The van der Waals surface area contributed by atoms with Gasteiger partial charge in [-0.15, -0.1) is 0 Å². The third-order valence-corrected chi connectivity index (χ3v) is 6.91. The minimum Gasteiger partial charge on any atom is -0.487 e. The first-order valence-corrected chi connectivity index (χ1v) is 12.7. The van der Waals surface area contributed by atoms with E-state index in [9.17, 15) is 19.2 Å². The van der Waals surface area contributed by atoms with Gasteiger partial charge in [-0.05, 0) is 106 Å². The molecule has 4 amide bonds. The molecule has 3 aromatic carbocycles. The summed E-state index contributed by atoms with van der Waals surface area (Å²) in [6, 6.07) is 16.0. The second-order valence-corrected chi connectivity index (χ2v) is 10.2. The number of anilines is 1. The van der Waals surface area contributed by atoms with Crippen LogP contribution in [-0.4, -0.2) is 28.9 Å². The number of nitrogens with one attached hydrogen (secondary N) is 1. The zero-order valence-electron chi connectivity index (χ0n) is 18.7. The number of imide groups is 2. The molecule has 36 heavy (non-hydrogen) atoms. The Hall–Kier alpha value is -3.26. The molecule has 0 saturated carbocycles. The molecule has 10 heteroatoms. The van der Waals surface area contributed by atoms with Crippen molar-refractivity contribution in [3.8, 4) is 5.75 Å². The van der Waals surface area contributed by atoms with Gasteiger partial charge in [-0.25, -0.2) is 14.5 Å². The van der Waals surface area contributed by atoms with E-state index >= 15 is 0 Å². The minimum absolute atomic E-state index is 0.158. The fourth-order valence-corrected chi connectivity index (χ4v) is 5.58. The van der Waals surface area contributed by atoms with Crippen LogP contribution in [0.15, 0.2) is 66.2 Å². The van der Waals surface area contributed by atoms with E-state index in [1.54, 1.807) is 48.5 Å². The van der Waals surface area contributed by atoms with Crippen LogP contribution in [0, 0.1) is 14.1 Å². The second-order valence-electron chi connectivity index (χ2n) is 7.90. The van der Waals surface area contributed by atoms with Gasteiger partial charge in [0.05, 0.1) is 18.4 Å². The van der Waals surface area contributed by atoms with Crippen LogP contribution in [0.1, 0.15) is 27.0 Å². The lowest BCUT2D eigenvalue weighted by Crippen LogP contribution is -2.54. The number of carboxylic acid groups (broad SMARTS) is 1. The second kappa shape index (κ2) is 10.8. The molecular formula is C26H18I2N2O6. The first-order valence-electron chi connectivity index (χ1n) is 10.6. The molecule has 0 radical (unpaired) electrons. The molecule has 1 heterocycles. The maximum Gasteiger partial charge on any atom is 0.335 e. The normalized spacial score (nSPS) is 14.7. The topological polar surface area (TPSA) is 113 Å². The molecule has 0 bridgehead atoms. The van der Waals surface area contributed by atoms with Crippen molar-refractivity contribution in [2.75, 3.05) is 4.90 Å². The summed E-state index contributed by atoms with van der Waals surface area (Å²) in [5.41, 5.74) is 2.78. The fourth-order valence-electron chi connectivity index (χ4n) is 3.45. The van der Waals surface area contributed by atoms with E-state index in [0.29, 0.717) is 17.0 Å². The van der Waals surface area contributed by atoms with E-state index in [4.69, 9.17) is 9.84 Å². The van der Waals surface area contributed by atoms with E-state index in [-0.39, 0.29) is 17.7 Å². The summed E-state index contributed by atoms with van der Waals surface area (Å²) in [6.07, 6.45) is 1.45. The lowest BCUT2D eigenvalue weighted by atomic mass is 10.1. The average Bonchev–Trinajstić information content (AvgIpc) is 2.82. The number of amides is 4. The number of carbonyl (C=O) groups is 4. The van der Waals surface area contributed by atoms with Gasteiger partial charge < -0.3 is 9.84 Å². The maximum atomic E-state index is 13.1. The molecule has 1 aliphatic rings.